The molecule has 0 aliphatic rings. The van der Waals surface area contributed by atoms with E-state index in [4.69, 9.17) is 4.42 Å². The molecule has 1 N–H and O–H groups in total. The van der Waals surface area contributed by atoms with Gasteiger partial charge in [-0.3, -0.25) is 4.98 Å². The lowest BCUT2D eigenvalue weighted by Gasteiger charge is -2.19. The average Bonchev–Trinajstić information content (AvgIpc) is 3.01. The molecule has 0 bridgehead atoms. The van der Waals surface area contributed by atoms with Gasteiger partial charge in [0.15, 0.2) is 12.2 Å². The highest BCUT2D eigenvalue weighted by atomic mass is 16.3. The van der Waals surface area contributed by atoms with Crippen molar-refractivity contribution in [1.82, 2.24) is 24.9 Å². The second kappa shape index (κ2) is 4.72. The Morgan fingerprint density at radius 3 is 2.95 bits per heavy atom. The van der Waals surface area contributed by atoms with Crippen molar-refractivity contribution in [1.29, 1.82) is 0 Å². The van der Waals surface area contributed by atoms with Crippen molar-refractivity contribution in [3.63, 3.8) is 0 Å². The molecule has 0 radical (unpaired) electrons. The van der Waals surface area contributed by atoms with Gasteiger partial charge >= 0.3 is 0 Å². The Kier molecular flexibility index (Phi) is 3.02. The van der Waals surface area contributed by atoms with Crippen LogP contribution >= 0.6 is 0 Å². The van der Waals surface area contributed by atoms with Crippen LogP contribution in [0.1, 0.15) is 26.5 Å². The summed E-state index contributed by atoms with van der Waals surface area (Å²) in [5, 5.41) is 7.70. The molecule has 0 spiro atoms. The minimum atomic E-state index is 0.0267. The van der Waals surface area contributed by atoms with E-state index in [1.165, 1.54) is 6.39 Å². The van der Waals surface area contributed by atoms with E-state index in [0.29, 0.717) is 6.54 Å². The molecule has 6 nitrogen and oxygen atoms in total. The van der Waals surface area contributed by atoms with Crippen molar-refractivity contribution in [2.75, 3.05) is 0 Å². The smallest absolute Gasteiger partial charge is 0.181 e. The lowest BCUT2D eigenvalue weighted by atomic mass is 10.1. The van der Waals surface area contributed by atoms with Crippen molar-refractivity contribution < 1.29 is 4.42 Å². The number of hydrogen-bond acceptors (Lipinski definition) is 5. The molecule has 0 atom stereocenters. The van der Waals surface area contributed by atoms with Gasteiger partial charge in [-0.15, -0.1) is 0 Å². The van der Waals surface area contributed by atoms with Gasteiger partial charge in [0.2, 0.25) is 0 Å². The van der Waals surface area contributed by atoms with Crippen molar-refractivity contribution in [3.8, 4) is 11.3 Å². The molecule has 0 aromatic carbocycles. The van der Waals surface area contributed by atoms with Gasteiger partial charge in [-0.1, -0.05) is 0 Å². The molecule has 104 valence electrons. The Labute approximate surface area is 116 Å². The van der Waals surface area contributed by atoms with Crippen LogP contribution in [0.15, 0.2) is 35.6 Å². The normalized spacial score (nSPS) is 12.2. The van der Waals surface area contributed by atoms with E-state index in [2.05, 4.69) is 41.2 Å². The fraction of sp³-hybridized carbons (Fsp3) is 0.357. The number of fused-ring (bicyclic) bond motifs is 1. The Morgan fingerprint density at radius 2 is 2.15 bits per heavy atom. The maximum atomic E-state index is 5.55. The predicted molar refractivity (Wildman–Crippen MR) is 75.1 cm³/mol. The summed E-state index contributed by atoms with van der Waals surface area (Å²) < 4.78 is 7.32. The Bertz CT molecular complexity index is 722. The topological polar surface area (TPSA) is 68.2 Å². The molecule has 3 aromatic rings. The molecule has 3 heterocycles. The van der Waals surface area contributed by atoms with E-state index in [-0.39, 0.29) is 5.54 Å². The first-order valence-corrected chi connectivity index (χ1v) is 6.50. The molecule has 0 saturated carbocycles. The third-order valence-electron chi connectivity index (χ3n) is 3.00. The van der Waals surface area contributed by atoms with Crippen LogP contribution in [0.2, 0.25) is 0 Å². The molecule has 0 unspecified atom stereocenters. The summed E-state index contributed by atoms with van der Waals surface area (Å²) in [4.78, 5) is 8.43. The number of nitrogens with one attached hydrogen (secondary N) is 1. The van der Waals surface area contributed by atoms with Crippen molar-refractivity contribution >= 4 is 5.52 Å². The van der Waals surface area contributed by atoms with Crippen LogP contribution in [0.25, 0.3) is 16.8 Å². The summed E-state index contributed by atoms with van der Waals surface area (Å²) in [7, 11) is 0. The SMILES string of the molecule is CC(C)(C)NCc1ncoc1-c1cnn2ccncc12. The molecule has 6 heteroatoms. The first-order chi connectivity index (χ1) is 9.54. The van der Waals surface area contributed by atoms with E-state index < -0.39 is 0 Å². The molecule has 0 saturated heterocycles. The minimum absolute atomic E-state index is 0.0267. The van der Waals surface area contributed by atoms with Gasteiger partial charge in [-0.05, 0) is 20.8 Å². The van der Waals surface area contributed by atoms with Crippen LogP contribution in [0.4, 0.5) is 0 Å². The van der Waals surface area contributed by atoms with Gasteiger partial charge < -0.3 is 9.73 Å². The molecule has 3 aromatic heterocycles. The first kappa shape index (κ1) is 12.8. The van der Waals surface area contributed by atoms with Crippen LogP contribution < -0.4 is 5.32 Å². The standard InChI is InChI=1S/C14H17N5O/c1-14(2,3)17-7-11-13(20-9-16-11)10-6-18-19-5-4-15-8-12(10)19/h4-6,8-9,17H,7H2,1-3H3. The number of nitrogens with zero attached hydrogens (tertiary/aromatic N) is 4. The van der Waals surface area contributed by atoms with Gasteiger partial charge in [0.05, 0.1) is 23.5 Å². The van der Waals surface area contributed by atoms with Gasteiger partial charge in [0.1, 0.15) is 5.69 Å². The van der Waals surface area contributed by atoms with Gasteiger partial charge in [-0.25, -0.2) is 9.50 Å². The van der Waals surface area contributed by atoms with Crippen molar-refractivity contribution in [2.45, 2.75) is 32.9 Å². The second-order valence-electron chi connectivity index (χ2n) is 5.70. The molecule has 0 fully saturated rings. The third-order valence-corrected chi connectivity index (χ3v) is 3.00. The number of aromatic nitrogens is 4. The van der Waals surface area contributed by atoms with Gasteiger partial charge in [0, 0.05) is 24.5 Å². The highest BCUT2D eigenvalue weighted by Gasteiger charge is 2.17. The number of rotatable bonds is 3. The lowest BCUT2D eigenvalue weighted by molar-refractivity contribution is 0.421. The fourth-order valence-electron chi connectivity index (χ4n) is 1.97. The van der Waals surface area contributed by atoms with Crippen LogP contribution in [0, 0.1) is 0 Å². The zero-order chi connectivity index (χ0) is 14.2. The summed E-state index contributed by atoms with van der Waals surface area (Å²) in [5.41, 5.74) is 2.71. The summed E-state index contributed by atoms with van der Waals surface area (Å²) >= 11 is 0. The highest BCUT2D eigenvalue weighted by molar-refractivity contribution is 5.77. The molecule has 20 heavy (non-hydrogen) atoms. The van der Waals surface area contributed by atoms with E-state index >= 15 is 0 Å². The first-order valence-electron chi connectivity index (χ1n) is 6.50. The number of oxazole rings is 1. The minimum Gasteiger partial charge on any atom is -0.443 e. The maximum Gasteiger partial charge on any atom is 0.181 e. The summed E-state index contributed by atoms with van der Waals surface area (Å²) in [5.74, 6) is 0.741. The monoisotopic (exact) mass is 271 g/mol. The summed E-state index contributed by atoms with van der Waals surface area (Å²) in [6.45, 7) is 7.00. The maximum absolute atomic E-state index is 5.55. The van der Waals surface area contributed by atoms with Crippen molar-refractivity contribution in [3.05, 3.63) is 36.9 Å². The molecule has 0 amide bonds. The predicted octanol–water partition coefficient (Wildman–Crippen LogP) is 2.27. The van der Waals surface area contributed by atoms with Crippen LogP contribution in [-0.2, 0) is 6.54 Å². The zero-order valence-electron chi connectivity index (χ0n) is 11.8. The Balaban J connectivity index is 1.97. The van der Waals surface area contributed by atoms with Crippen molar-refractivity contribution in [2.24, 2.45) is 0 Å². The molecule has 0 aliphatic heterocycles. The second-order valence-corrected chi connectivity index (χ2v) is 5.70. The van der Waals surface area contributed by atoms with Gasteiger partial charge in [-0.2, -0.15) is 5.10 Å². The highest BCUT2D eigenvalue weighted by Crippen LogP contribution is 2.27. The zero-order valence-corrected chi connectivity index (χ0v) is 11.8. The summed E-state index contributed by atoms with van der Waals surface area (Å²) in [6, 6.07) is 0. The van der Waals surface area contributed by atoms with E-state index in [1.807, 2.05) is 6.20 Å². The molecule has 3 rings (SSSR count). The van der Waals surface area contributed by atoms with E-state index in [1.54, 1.807) is 23.1 Å². The molecular weight excluding hydrogens is 254 g/mol. The Hall–Kier alpha value is -2.21. The van der Waals surface area contributed by atoms with E-state index in [0.717, 1.165) is 22.5 Å². The van der Waals surface area contributed by atoms with E-state index in [9.17, 15) is 0 Å². The van der Waals surface area contributed by atoms with Crippen LogP contribution in [-0.4, -0.2) is 25.1 Å². The molecular formula is C14H17N5O. The van der Waals surface area contributed by atoms with Crippen LogP contribution in [0.3, 0.4) is 0 Å². The fourth-order valence-corrected chi connectivity index (χ4v) is 1.97. The Morgan fingerprint density at radius 1 is 1.30 bits per heavy atom. The molecule has 0 aliphatic carbocycles. The third kappa shape index (κ3) is 2.42. The average molecular weight is 271 g/mol. The van der Waals surface area contributed by atoms with Gasteiger partial charge in [0.25, 0.3) is 0 Å². The van der Waals surface area contributed by atoms with Crippen LogP contribution in [0.5, 0.6) is 0 Å². The largest absolute Gasteiger partial charge is 0.443 e. The lowest BCUT2D eigenvalue weighted by Crippen LogP contribution is -2.35. The quantitative estimate of drug-likeness (QED) is 0.791. The number of hydrogen-bond donors (Lipinski definition) is 1. The summed E-state index contributed by atoms with van der Waals surface area (Å²) in [6.07, 6.45) is 8.52.